The smallest absolute Gasteiger partial charge is 0.329 e. The second kappa shape index (κ2) is 8.56. The minimum atomic E-state index is -0.961. The molecule has 0 saturated carbocycles. The van der Waals surface area contributed by atoms with E-state index in [1.165, 1.54) is 0 Å². The molecule has 26 heavy (non-hydrogen) atoms. The van der Waals surface area contributed by atoms with Gasteiger partial charge in [-0.15, -0.1) is 0 Å². The van der Waals surface area contributed by atoms with Gasteiger partial charge in [-0.3, -0.25) is 4.52 Å². The fourth-order valence-electron chi connectivity index (χ4n) is 2.50. The summed E-state index contributed by atoms with van der Waals surface area (Å²) in [5, 5.41) is 18.6. The van der Waals surface area contributed by atoms with Gasteiger partial charge in [0, 0.05) is 4.83 Å². The van der Waals surface area contributed by atoms with Gasteiger partial charge >= 0.3 is 11.3 Å². The van der Waals surface area contributed by atoms with Crippen molar-refractivity contribution in [3.8, 4) is 0 Å². The molecule has 3 rings (SSSR count). The van der Waals surface area contributed by atoms with Gasteiger partial charge in [0.25, 0.3) is 0 Å². The van der Waals surface area contributed by atoms with Crippen LogP contribution in [0.3, 0.4) is 0 Å². The van der Waals surface area contributed by atoms with Gasteiger partial charge in [-0.2, -0.15) is 0 Å². The van der Waals surface area contributed by atoms with E-state index < -0.39 is 7.92 Å². The van der Waals surface area contributed by atoms with E-state index in [-0.39, 0.29) is 16.6 Å². The third-order valence-electron chi connectivity index (χ3n) is 3.75. The van der Waals surface area contributed by atoms with Crippen LogP contribution in [0.5, 0.6) is 0 Å². The quantitative estimate of drug-likeness (QED) is 0.197. The number of aliphatic imine (C=N–C) groups is 1. The second-order valence-corrected chi connectivity index (χ2v) is 9.09. The molecule has 1 atom stereocenters. The molecule has 0 aliphatic rings. The van der Waals surface area contributed by atoms with Crippen LogP contribution < -0.4 is 25.8 Å². The Balaban J connectivity index is 2.22. The van der Waals surface area contributed by atoms with Crippen molar-refractivity contribution in [1.29, 1.82) is 0 Å². The predicted molar refractivity (Wildman–Crippen MR) is 107 cm³/mol. The highest BCUT2D eigenvalue weighted by Gasteiger charge is 2.34. The Bertz CT molecular complexity index is 843. The van der Waals surface area contributed by atoms with Crippen LogP contribution in [0.15, 0.2) is 70.2 Å². The molecule has 0 saturated heterocycles. The molecule has 134 valence electrons. The van der Waals surface area contributed by atoms with Gasteiger partial charge in [0.1, 0.15) is 0 Å². The maximum atomic E-state index is 12.2. The van der Waals surface area contributed by atoms with Crippen LogP contribution in [-0.2, 0) is 6.54 Å². The first kappa shape index (κ1) is 18.7. The first-order chi connectivity index (χ1) is 12.6. The van der Waals surface area contributed by atoms with Crippen LogP contribution in [0.2, 0.25) is 0 Å². The summed E-state index contributed by atoms with van der Waals surface area (Å²) < 4.78 is 7.24. The molecule has 3 aromatic rings. The van der Waals surface area contributed by atoms with Crippen LogP contribution in [-0.4, -0.2) is 16.0 Å². The molecule has 1 heterocycles. The molecule has 1 aromatic heterocycles. The van der Waals surface area contributed by atoms with E-state index in [0.29, 0.717) is 6.54 Å². The standard InChI is InChI=1S/C19H19BrN3O2P/c1-3-23-19(18(25-22-23)21-17(24)14(2)20)26(15-10-6-4-7-11-15)16-12-8-5-9-13-16/h4-14H,3H2,1-2H3. The molecule has 0 N–H and O–H groups in total. The minimum absolute atomic E-state index is 0.280. The van der Waals surface area contributed by atoms with Crippen molar-refractivity contribution in [3.63, 3.8) is 0 Å². The fraction of sp³-hybridized carbons (Fsp3) is 0.211. The topological polar surface area (TPSA) is 65.3 Å². The number of benzene rings is 2. The lowest BCUT2D eigenvalue weighted by Gasteiger charge is -2.15. The number of alkyl halides is 1. The van der Waals surface area contributed by atoms with Gasteiger partial charge < -0.3 is 5.11 Å². The average molecular weight is 432 g/mol. The van der Waals surface area contributed by atoms with Crippen molar-refractivity contribution in [3.05, 3.63) is 60.7 Å². The summed E-state index contributed by atoms with van der Waals surface area (Å²) in [5.41, 5.74) is 0.835. The first-order valence-corrected chi connectivity index (χ1v) is 10.6. The highest BCUT2D eigenvalue weighted by Crippen LogP contribution is 2.34. The lowest BCUT2D eigenvalue weighted by Crippen LogP contribution is -2.49. The highest BCUT2D eigenvalue weighted by molar-refractivity contribution is 9.10. The molecule has 7 heteroatoms. The second-order valence-electron chi connectivity index (χ2n) is 5.59. The van der Waals surface area contributed by atoms with E-state index in [1.54, 1.807) is 11.6 Å². The molecular formula is C19H19BrN3O2P. The van der Waals surface area contributed by atoms with E-state index in [4.69, 9.17) is 4.52 Å². The van der Waals surface area contributed by atoms with E-state index in [2.05, 4.69) is 50.5 Å². The minimum Gasteiger partial charge on any atom is -0.861 e. The van der Waals surface area contributed by atoms with E-state index in [1.807, 2.05) is 43.3 Å². The van der Waals surface area contributed by atoms with Crippen LogP contribution in [0.25, 0.3) is 0 Å². The number of aryl methyl sites for hydroxylation is 1. The van der Waals surface area contributed by atoms with Gasteiger partial charge in [0.05, 0.1) is 7.92 Å². The summed E-state index contributed by atoms with van der Waals surface area (Å²) in [6, 6.07) is 20.4. The number of nitrogens with zero attached hydrogens (tertiary/aromatic N) is 3. The summed E-state index contributed by atoms with van der Waals surface area (Å²) in [6.45, 7) is 4.37. The molecule has 0 fully saturated rings. The lowest BCUT2D eigenvalue weighted by molar-refractivity contribution is -0.743. The molecule has 1 unspecified atom stereocenters. The Hall–Kier alpha value is -2.04. The van der Waals surface area contributed by atoms with Crippen molar-refractivity contribution in [2.24, 2.45) is 4.99 Å². The molecule has 0 aliphatic heterocycles. The number of hydrogen-bond acceptors (Lipinski definition) is 4. The van der Waals surface area contributed by atoms with Crippen LogP contribution in [0.1, 0.15) is 13.8 Å². The summed E-state index contributed by atoms with van der Waals surface area (Å²) in [6.07, 6.45) is 0. The van der Waals surface area contributed by atoms with Crippen molar-refractivity contribution in [1.82, 2.24) is 5.27 Å². The molecule has 5 nitrogen and oxygen atoms in total. The zero-order valence-electron chi connectivity index (χ0n) is 14.5. The molecule has 0 amide bonds. The number of hydrogen-bond donors (Lipinski definition) is 0. The van der Waals surface area contributed by atoms with Crippen LogP contribution in [0.4, 0.5) is 5.88 Å². The van der Waals surface area contributed by atoms with Gasteiger partial charge in [-0.05, 0) is 35.0 Å². The number of halogens is 1. The Morgan fingerprint density at radius 3 is 2.15 bits per heavy atom. The Labute approximate surface area is 162 Å². The van der Waals surface area contributed by atoms with E-state index >= 15 is 0 Å². The summed E-state index contributed by atoms with van der Waals surface area (Å²) in [4.78, 5) is 3.80. The van der Waals surface area contributed by atoms with Crippen molar-refractivity contribution in [2.75, 3.05) is 0 Å². The first-order valence-electron chi connectivity index (χ1n) is 8.31. The van der Waals surface area contributed by atoms with E-state index in [0.717, 1.165) is 16.0 Å². The third-order valence-corrected chi connectivity index (χ3v) is 6.62. The third kappa shape index (κ3) is 4.02. The van der Waals surface area contributed by atoms with Crippen molar-refractivity contribution >= 4 is 51.7 Å². The maximum absolute atomic E-state index is 12.2. The lowest BCUT2D eigenvalue weighted by atomic mass is 10.4. The molecule has 0 aliphatic carbocycles. The van der Waals surface area contributed by atoms with Gasteiger partial charge in [-0.1, -0.05) is 76.6 Å². The molecule has 0 spiro atoms. The summed E-state index contributed by atoms with van der Waals surface area (Å²) in [7, 11) is -0.961. The van der Waals surface area contributed by atoms with Gasteiger partial charge in [-0.25, -0.2) is 4.99 Å². The summed E-state index contributed by atoms with van der Waals surface area (Å²) in [5.74, 6) is -0.0105. The predicted octanol–water partition coefficient (Wildman–Crippen LogP) is 1.91. The van der Waals surface area contributed by atoms with Gasteiger partial charge in [0.2, 0.25) is 5.27 Å². The zero-order valence-corrected chi connectivity index (χ0v) is 17.0. The normalized spacial score (nSPS) is 13.2. The van der Waals surface area contributed by atoms with E-state index in [9.17, 15) is 5.11 Å². The zero-order chi connectivity index (χ0) is 18.5. The van der Waals surface area contributed by atoms with Crippen LogP contribution in [0, 0.1) is 0 Å². The number of aromatic nitrogens is 2. The Morgan fingerprint density at radius 1 is 1.15 bits per heavy atom. The average Bonchev–Trinajstić information content (AvgIpc) is 3.06. The molecule has 2 aromatic carbocycles. The van der Waals surface area contributed by atoms with Crippen LogP contribution >= 0.6 is 23.9 Å². The van der Waals surface area contributed by atoms with Crippen molar-refractivity contribution in [2.45, 2.75) is 25.2 Å². The highest BCUT2D eigenvalue weighted by atomic mass is 79.9. The SMILES string of the molecule is CC[n+]1noc(/N=C(\[O-])C(C)Br)c1P(c1ccccc1)c1ccccc1. The monoisotopic (exact) mass is 431 g/mol. The maximum Gasteiger partial charge on any atom is 0.329 e. The molecular weight excluding hydrogens is 413 g/mol. The number of rotatable bonds is 6. The largest absolute Gasteiger partial charge is 0.861 e. The Kier molecular flexibility index (Phi) is 6.17. The van der Waals surface area contributed by atoms with Crippen molar-refractivity contribution < 1.29 is 14.3 Å². The molecule has 0 radical (unpaired) electrons. The summed E-state index contributed by atoms with van der Waals surface area (Å²) >= 11 is 3.27. The van der Waals surface area contributed by atoms with Gasteiger partial charge in [0.15, 0.2) is 6.54 Å². The Morgan fingerprint density at radius 2 is 1.69 bits per heavy atom. The molecule has 0 bridgehead atoms. The fourth-order valence-corrected chi connectivity index (χ4v) is 5.02.